The van der Waals surface area contributed by atoms with Gasteiger partial charge in [0.15, 0.2) is 0 Å². The van der Waals surface area contributed by atoms with E-state index in [1.165, 1.54) is 5.56 Å². The van der Waals surface area contributed by atoms with Gasteiger partial charge < -0.3 is 5.32 Å². The maximum Gasteiger partial charge on any atom is 0.245 e. The maximum absolute atomic E-state index is 12.6. The number of hydrogen-bond acceptors (Lipinski definition) is 2. The summed E-state index contributed by atoms with van der Waals surface area (Å²) in [6.45, 7) is 9.68. The van der Waals surface area contributed by atoms with Crippen LogP contribution in [0.2, 0.25) is 5.02 Å². The standard InChI is InChI=1S/C18H24ClN3O/c1-6-16(15-9-7-11(2)8-10-15)20-18(23)14(5)22-13(4)17(19)12(3)21-22/h7-10,14,16H,6H2,1-5H3,(H,20,23). The first-order valence-electron chi connectivity index (χ1n) is 7.93. The number of nitrogens with zero attached hydrogens (tertiary/aromatic N) is 2. The molecule has 124 valence electrons. The number of rotatable bonds is 5. The number of amides is 1. The molecule has 5 heteroatoms. The summed E-state index contributed by atoms with van der Waals surface area (Å²) < 4.78 is 1.69. The third kappa shape index (κ3) is 3.75. The van der Waals surface area contributed by atoms with Crippen LogP contribution in [0.15, 0.2) is 24.3 Å². The first-order valence-corrected chi connectivity index (χ1v) is 8.31. The number of nitrogens with one attached hydrogen (secondary N) is 1. The van der Waals surface area contributed by atoms with Crippen LogP contribution < -0.4 is 5.32 Å². The Labute approximate surface area is 142 Å². The van der Waals surface area contributed by atoms with E-state index in [1.54, 1.807) is 4.68 Å². The molecule has 0 spiro atoms. The van der Waals surface area contributed by atoms with E-state index in [2.05, 4.69) is 48.5 Å². The highest BCUT2D eigenvalue weighted by molar-refractivity contribution is 6.31. The molecule has 0 saturated carbocycles. The van der Waals surface area contributed by atoms with Crippen molar-refractivity contribution < 1.29 is 4.79 Å². The number of aryl methyl sites for hydroxylation is 2. The fourth-order valence-corrected chi connectivity index (χ4v) is 2.77. The molecule has 2 rings (SSSR count). The molecule has 0 aliphatic carbocycles. The normalized spacial score (nSPS) is 13.7. The van der Waals surface area contributed by atoms with Gasteiger partial charge >= 0.3 is 0 Å². The molecule has 1 N–H and O–H groups in total. The van der Waals surface area contributed by atoms with Crippen molar-refractivity contribution in [2.75, 3.05) is 0 Å². The van der Waals surface area contributed by atoms with Gasteiger partial charge in [0.25, 0.3) is 0 Å². The van der Waals surface area contributed by atoms with Gasteiger partial charge in [-0.05, 0) is 39.7 Å². The van der Waals surface area contributed by atoms with Gasteiger partial charge in [-0.3, -0.25) is 9.48 Å². The first kappa shape index (κ1) is 17.5. The largest absolute Gasteiger partial charge is 0.347 e. The zero-order chi connectivity index (χ0) is 17.1. The second-order valence-corrected chi connectivity index (χ2v) is 6.36. The highest BCUT2D eigenvalue weighted by Gasteiger charge is 2.22. The van der Waals surface area contributed by atoms with E-state index >= 15 is 0 Å². The molecule has 23 heavy (non-hydrogen) atoms. The molecule has 0 fully saturated rings. The zero-order valence-corrected chi connectivity index (χ0v) is 15.1. The molecule has 1 aromatic heterocycles. The van der Waals surface area contributed by atoms with E-state index in [-0.39, 0.29) is 11.9 Å². The first-order chi connectivity index (χ1) is 10.8. The van der Waals surface area contributed by atoms with Crippen LogP contribution in [0.5, 0.6) is 0 Å². The maximum atomic E-state index is 12.6. The molecule has 4 nitrogen and oxygen atoms in total. The van der Waals surface area contributed by atoms with Gasteiger partial charge in [-0.15, -0.1) is 0 Å². The highest BCUT2D eigenvalue weighted by atomic mass is 35.5. The lowest BCUT2D eigenvalue weighted by Gasteiger charge is -2.21. The molecule has 0 aliphatic heterocycles. The predicted octanol–water partition coefficient (Wildman–Crippen LogP) is 4.29. The quantitative estimate of drug-likeness (QED) is 0.887. The van der Waals surface area contributed by atoms with E-state index < -0.39 is 6.04 Å². The smallest absolute Gasteiger partial charge is 0.245 e. The minimum Gasteiger partial charge on any atom is -0.347 e. The Morgan fingerprint density at radius 3 is 2.35 bits per heavy atom. The highest BCUT2D eigenvalue weighted by Crippen LogP contribution is 2.23. The second kappa shape index (κ2) is 7.18. The third-order valence-electron chi connectivity index (χ3n) is 4.19. The predicted molar refractivity (Wildman–Crippen MR) is 93.8 cm³/mol. The molecule has 0 bridgehead atoms. The summed E-state index contributed by atoms with van der Waals surface area (Å²) in [4.78, 5) is 12.6. The monoisotopic (exact) mass is 333 g/mol. The Morgan fingerprint density at radius 1 is 1.26 bits per heavy atom. The van der Waals surface area contributed by atoms with Crippen molar-refractivity contribution in [1.82, 2.24) is 15.1 Å². The van der Waals surface area contributed by atoms with Crippen LogP contribution >= 0.6 is 11.6 Å². The van der Waals surface area contributed by atoms with Crippen molar-refractivity contribution in [2.24, 2.45) is 0 Å². The average molecular weight is 334 g/mol. The number of carbonyl (C=O) groups excluding carboxylic acids is 1. The van der Waals surface area contributed by atoms with Crippen molar-refractivity contribution in [3.05, 3.63) is 51.8 Å². The summed E-state index contributed by atoms with van der Waals surface area (Å²) in [7, 11) is 0. The Bertz CT molecular complexity index is 691. The molecule has 2 atom stereocenters. The molecule has 1 aromatic carbocycles. The van der Waals surface area contributed by atoms with Gasteiger partial charge in [-0.2, -0.15) is 5.10 Å². The van der Waals surface area contributed by atoms with Gasteiger partial charge in [0, 0.05) is 0 Å². The Morgan fingerprint density at radius 2 is 1.87 bits per heavy atom. The van der Waals surface area contributed by atoms with Crippen molar-refractivity contribution in [3.63, 3.8) is 0 Å². The Balaban J connectivity index is 2.15. The number of benzene rings is 1. The molecule has 1 amide bonds. The van der Waals surface area contributed by atoms with Gasteiger partial charge in [0.1, 0.15) is 6.04 Å². The van der Waals surface area contributed by atoms with Gasteiger partial charge in [-0.1, -0.05) is 48.4 Å². The van der Waals surface area contributed by atoms with E-state index in [9.17, 15) is 4.79 Å². The summed E-state index contributed by atoms with van der Waals surface area (Å²) in [6.07, 6.45) is 0.833. The average Bonchev–Trinajstić information content (AvgIpc) is 2.80. The van der Waals surface area contributed by atoms with Crippen LogP contribution in [0.3, 0.4) is 0 Å². The van der Waals surface area contributed by atoms with Gasteiger partial charge in [0.05, 0.1) is 22.5 Å². The lowest BCUT2D eigenvalue weighted by atomic mass is 10.0. The van der Waals surface area contributed by atoms with E-state index in [1.807, 2.05) is 20.8 Å². The molecule has 0 saturated heterocycles. The number of halogens is 1. The lowest BCUT2D eigenvalue weighted by molar-refractivity contribution is -0.125. The number of carbonyl (C=O) groups is 1. The fourth-order valence-electron chi connectivity index (χ4n) is 2.64. The number of hydrogen-bond donors (Lipinski definition) is 1. The van der Waals surface area contributed by atoms with E-state index in [0.29, 0.717) is 5.02 Å². The van der Waals surface area contributed by atoms with Crippen LogP contribution in [0, 0.1) is 20.8 Å². The second-order valence-electron chi connectivity index (χ2n) is 5.99. The molecule has 0 radical (unpaired) electrons. The van der Waals surface area contributed by atoms with Gasteiger partial charge in [-0.25, -0.2) is 0 Å². The van der Waals surface area contributed by atoms with Crippen molar-refractivity contribution in [3.8, 4) is 0 Å². The van der Waals surface area contributed by atoms with Crippen LogP contribution in [-0.4, -0.2) is 15.7 Å². The summed E-state index contributed by atoms with van der Waals surface area (Å²) >= 11 is 6.18. The molecule has 2 unspecified atom stereocenters. The Hall–Kier alpha value is -1.81. The van der Waals surface area contributed by atoms with Crippen molar-refractivity contribution >= 4 is 17.5 Å². The van der Waals surface area contributed by atoms with Crippen LogP contribution in [0.1, 0.15) is 54.9 Å². The molecular weight excluding hydrogens is 310 g/mol. The minimum atomic E-state index is -0.402. The Kier molecular flexibility index (Phi) is 5.47. The van der Waals surface area contributed by atoms with Crippen LogP contribution in [0.25, 0.3) is 0 Å². The summed E-state index contributed by atoms with van der Waals surface area (Å²) in [6, 6.07) is 7.85. The summed E-state index contributed by atoms with van der Waals surface area (Å²) in [5.41, 5.74) is 3.88. The third-order valence-corrected chi connectivity index (χ3v) is 4.73. The molecular formula is C18H24ClN3O. The van der Waals surface area contributed by atoms with Crippen molar-refractivity contribution in [1.29, 1.82) is 0 Å². The van der Waals surface area contributed by atoms with Crippen LogP contribution in [0.4, 0.5) is 0 Å². The SMILES string of the molecule is CCC(NC(=O)C(C)n1nc(C)c(Cl)c1C)c1ccc(C)cc1. The zero-order valence-electron chi connectivity index (χ0n) is 14.4. The van der Waals surface area contributed by atoms with Crippen LogP contribution in [-0.2, 0) is 4.79 Å². The lowest BCUT2D eigenvalue weighted by Crippen LogP contribution is -2.34. The molecule has 1 heterocycles. The van der Waals surface area contributed by atoms with Crippen molar-refractivity contribution in [2.45, 2.75) is 53.1 Å². The number of aromatic nitrogens is 2. The van der Waals surface area contributed by atoms with E-state index in [0.717, 1.165) is 23.4 Å². The summed E-state index contributed by atoms with van der Waals surface area (Å²) in [5, 5.41) is 8.11. The van der Waals surface area contributed by atoms with Gasteiger partial charge in [0.2, 0.25) is 5.91 Å². The fraction of sp³-hybridized carbons (Fsp3) is 0.444. The minimum absolute atomic E-state index is 0.00186. The molecule has 0 aliphatic rings. The molecule has 2 aromatic rings. The summed E-state index contributed by atoms with van der Waals surface area (Å²) in [5.74, 6) is -0.0558. The van der Waals surface area contributed by atoms with E-state index in [4.69, 9.17) is 11.6 Å². The topological polar surface area (TPSA) is 46.9 Å².